The zero-order valence-corrected chi connectivity index (χ0v) is 10.0. The van der Waals surface area contributed by atoms with Crippen LogP contribution in [0.25, 0.3) is 6.08 Å². The van der Waals surface area contributed by atoms with Crippen LogP contribution in [0.15, 0.2) is 23.8 Å². The number of benzene rings is 1. The molecule has 0 radical (unpaired) electrons. The lowest BCUT2D eigenvalue weighted by molar-refractivity contribution is 0.628. The average molecular weight is 240 g/mol. The minimum atomic E-state index is -0.363. The fraction of sp³-hybridized carbons (Fsp3) is 0.385. The molecule has 1 N–H and O–H groups in total. The van der Waals surface area contributed by atoms with Crippen molar-refractivity contribution in [1.82, 2.24) is 5.32 Å². The highest BCUT2D eigenvalue weighted by molar-refractivity contribution is 6.30. The molecule has 2 rings (SSSR count). The normalized spacial score (nSPS) is 16.6. The van der Waals surface area contributed by atoms with Gasteiger partial charge in [-0.1, -0.05) is 29.3 Å². The first-order valence-corrected chi connectivity index (χ1v) is 5.88. The van der Waals surface area contributed by atoms with E-state index >= 15 is 0 Å². The number of halogens is 2. The summed E-state index contributed by atoms with van der Waals surface area (Å²) in [4.78, 5) is 0. The lowest BCUT2D eigenvalue weighted by atomic mass is 10.1. The van der Waals surface area contributed by atoms with Crippen molar-refractivity contribution in [2.45, 2.75) is 25.8 Å². The Hall–Kier alpha value is -0.860. The zero-order valence-electron chi connectivity index (χ0n) is 9.26. The lowest BCUT2D eigenvalue weighted by Crippen LogP contribution is -2.18. The summed E-state index contributed by atoms with van der Waals surface area (Å²) in [6.07, 6.45) is 4.54. The maximum atomic E-state index is 13.2. The van der Waals surface area contributed by atoms with E-state index in [-0.39, 0.29) is 10.8 Å². The molecule has 86 valence electrons. The van der Waals surface area contributed by atoms with Gasteiger partial charge >= 0.3 is 0 Å². The summed E-state index contributed by atoms with van der Waals surface area (Å²) in [5.41, 5.74) is 2.06. The highest BCUT2D eigenvalue weighted by Crippen LogP contribution is 2.20. The van der Waals surface area contributed by atoms with E-state index in [9.17, 15) is 4.39 Å². The summed E-state index contributed by atoms with van der Waals surface area (Å²) in [7, 11) is 0. The summed E-state index contributed by atoms with van der Waals surface area (Å²) in [5.74, 6) is -0.363. The molecule has 1 aliphatic rings. The van der Waals surface area contributed by atoms with Gasteiger partial charge in [-0.05, 0) is 37.5 Å². The van der Waals surface area contributed by atoms with Crippen molar-refractivity contribution in [2.75, 3.05) is 6.54 Å². The van der Waals surface area contributed by atoms with Gasteiger partial charge in [0.25, 0.3) is 0 Å². The molecule has 0 aromatic heterocycles. The zero-order chi connectivity index (χ0) is 11.5. The van der Waals surface area contributed by atoms with E-state index < -0.39 is 0 Å². The molecule has 1 nitrogen and oxygen atoms in total. The van der Waals surface area contributed by atoms with E-state index in [4.69, 9.17) is 11.6 Å². The number of hydrogen-bond donors (Lipinski definition) is 1. The van der Waals surface area contributed by atoms with Crippen LogP contribution in [0.5, 0.6) is 0 Å². The van der Waals surface area contributed by atoms with E-state index in [0.29, 0.717) is 6.04 Å². The molecular formula is C13H15ClFN. The molecule has 1 fully saturated rings. The van der Waals surface area contributed by atoms with Crippen LogP contribution in [0.3, 0.4) is 0 Å². The van der Waals surface area contributed by atoms with E-state index in [1.807, 2.05) is 19.1 Å². The van der Waals surface area contributed by atoms with Gasteiger partial charge in [-0.15, -0.1) is 0 Å². The van der Waals surface area contributed by atoms with Gasteiger partial charge in [0, 0.05) is 12.6 Å². The fourth-order valence-electron chi connectivity index (χ4n) is 1.53. The second kappa shape index (κ2) is 4.98. The third-order valence-electron chi connectivity index (χ3n) is 2.60. The molecular weight excluding hydrogens is 225 g/mol. The van der Waals surface area contributed by atoms with Gasteiger partial charge in [0.15, 0.2) is 0 Å². The van der Waals surface area contributed by atoms with E-state index in [1.165, 1.54) is 24.5 Å². The third kappa shape index (κ3) is 3.32. The monoisotopic (exact) mass is 239 g/mol. The standard InChI is InChI=1S/C13H15ClFN/c1-9(8-16-11-3-4-11)6-10-2-5-12(14)13(15)7-10/h2,5-7,11,16H,3-4,8H2,1H3. The average Bonchev–Trinajstić information content (AvgIpc) is 3.04. The van der Waals surface area contributed by atoms with Crippen LogP contribution in [0.1, 0.15) is 25.3 Å². The van der Waals surface area contributed by atoms with Gasteiger partial charge in [0.2, 0.25) is 0 Å². The maximum Gasteiger partial charge on any atom is 0.142 e. The molecule has 0 saturated heterocycles. The molecule has 0 unspecified atom stereocenters. The number of hydrogen-bond acceptors (Lipinski definition) is 1. The fourth-order valence-corrected chi connectivity index (χ4v) is 1.65. The minimum Gasteiger partial charge on any atom is -0.310 e. The van der Waals surface area contributed by atoms with Gasteiger partial charge in [-0.3, -0.25) is 0 Å². The summed E-state index contributed by atoms with van der Waals surface area (Å²) in [6.45, 7) is 2.91. The van der Waals surface area contributed by atoms with E-state index in [0.717, 1.165) is 12.1 Å². The SMILES string of the molecule is CC(=Cc1ccc(Cl)c(F)c1)CNC1CC1. The van der Waals surface area contributed by atoms with Crippen molar-refractivity contribution in [2.24, 2.45) is 0 Å². The third-order valence-corrected chi connectivity index (χ3v) is 2.91. The van der Waals surface area contributed by atoms with Crippen LogP contribution >= 0.6 is 11.6 Å². The quantitative estimate of drug-likeness (QED) is 0.846. The summed E-state index contributed by atoms with van der Waals surface area (Å²) >= 11 is 5.62. The molecule has 1 aliphatic carbocycles. The Morgan fingerprint density at radius 1 is 1.56 bits per heavy atom. The Labute approximate surface area is 100 Å². The predicted molar refractivity (Wildman–Crippen MR) is 66.1 cm³/mol. The summed E-state index contributed by atoms with van der Waals surface area (Å²) in [6, 6.07) is 5.57. The molecule has 16 heavy (non-hydrogen) atoms. The van der Waals surface area contributed by atoms with Crippen LogP contribution in [0.4, 0.5) is 4.39 Å². The highest BCUT2D eigenvalue weighted by Gasteiger charge is 2.19. The van der Waals surface area contributed by atoms with Crippen molar-refractivity contribution in [3.63, 3.8) is 0 Å². The first-order valence-electron chi connectivity index (χ1n) is 5.51. The molecule has 3 heteroatoms. The minimum absolute atomic E-state index is 0.172. The van der Waals surface area contributed by atoms with Crippen LogP contribution < -0.4 is 5.32 Å². The Morgan fingerprint density at radius 3 is 2.94 bits per heavy atom. The molecule has 0 atom stereocenters. The van der Waals surface area contributed by atoms with Crippen molar-refractivity contribution < 1.29 is 4.39 Å². The maximum absolute atomic E-state index is 13.2. The first-order chi connectivity index (χ1) is 7.65. The molecule has 0 aliphatic heterocycles. The molecule has 1 aromatic carbocycles. The van der Waals surface area contributed by atoms with Crippen LogP contribution in [-0.4, -0.2) is 12.6 Å². The molecule has 0 heterocycles. The Bertz CT molecular complexity index is 410. The largest absolute Gasteiger partial charge is 0.310 e. The number of rotatable bonds is 4. The topological polar surface area (TPSA) is 12.0 Å². The van der Waals surface area contributed by atoms with Gasteiger partial charge in [-0.2, -0.15) is 0 Å². The molecule has 1 aromatic rings. The van der Waals surface area contributed by atoms with Gasteiger partial charge in [0.05, 0.1) is 5.02 Å². The van der Waals surface area contributed by atoms with Crippen LogP contribution in [0.2, 0.25) is 5.02 Å². The first kappa shape index (κ1) is 11.6. The van der Waals surface area contributed by atoms with E-state index in [1.54, 1.807) is 6.07 Å². The van der Waals surface area contributed by atoms with E-state index in [2.05, 4.69) is 5.32 Å². The van der Waals surface area contributed by atoms with Crippen molar-refractivity contribution in [1.29, 1.82) is 0 Å². The number of nitrogens with one attached hydrogen (secondary N) is 1. The lowest BCUT2D eigenvalue weighted by Gasteiger charge is -2.03. The molecule has 1 saturated carbocycles. The Kier molecular flexibility index (Phi) is 3.62. The Balaban J connectivity index is 1.99. The Morgan fingerprint density at radius 2 is 2.31 bits per heavy atom. The van der Waals surface area contributed by atoms with Crippen molar-refractivity contribution in [3.05, 3.63) is 40.2 Å². The van der Waals surface area contributed by atoms with Crippen molar-refractivity contribution in [3.8, 4) is 0 Å². The smallest absolute Gasteiger partial charge is 0.142 e. The van der Waals surface area contributed by atoms with Gasteiger partial charge < -0.3 is 5.32 Å². The second-order valence-corrected chi connectivity index (χ2v) is 4.73. The molecule has 0 bridgehead atoms. The van der Waals surface area contributed by atoms with Crippen molar-refractivity contribution >= 4 is 17.7 Å². The van der Waals surface area contributed by atoms with Gasteiger partial charge in [0.1, 0.15) is 5.82 Å². The summed E-state index contributed by atoms with van der Waals surface area (Å²) in [5, 5.41) is 3.59. The molecule has 0 amide bonds. The van der Waals surface area contributed by atoms with Crippen LogP contribution in [-0.2, 0) is 0 Å². The predicted octanol–water partition coefficient (Wildman–Crippen LogP) is 3.63. The van der Waals surface area contributed by atoms with Crippen LogP contribution in [0, 0.1) is 5.82 Å². The molecule has 0 spiro atoms. The summed E-state index contributed by atoms with van der Waals surface area (Å²) < 4.78 is 13.2. The van der Waals surface area contributed by atoms with Gasteiger partial charge in [-0.25, -0.2) is 4.39 Å². The highest BCUT2D eigenvalue weighted by atomic mass is 35.5. The second-order valence-electron chi connectivity index (χ2n) is 4.32.